The zero-order valence-electron chi connectivity index (χ0n) is 13.5. The largest absolute Gasteiger partial charge is 0.480 e. The first-order chi connectivity index (χ1) is 10.5. The highest BCUT2D eigenvalue weighted by Gasteiger charge is 2.17. The third kappa shape index (κ3) is 6.69. The molecule has 0 bridgehead atoms. The molecule has 0 saturated carbocycles. The van der Waals surface area contributed by atoms with Gasteiger partial charge in [0.25, 0.3) is 5.91 Å². The second-order valence-electron chi connectivity index (χ2n) is 5.50. The molecule has 0 aliphatic heterocycles. The molecule has 1 N–H and O–H groups in total. The van der Waals surface area contributed by atoms with Gasteiger partial charge in [0, 0.05) is 11.0 Å². The monoisotopic (exact) mass is 433 g/mol. The number of hydrogen-bond donors (Lipinski definition) is 1. The number of rotatable bonds is 9. The van der Waals surface area contributed by atoms with Gasteiger partial charge in [0.15, 0.2) is 6.10 Å². The summed E-state index contributed by atoms with van der Waals surface area (Å²) in [5.74, 6) is 1.16. The molecule has 0 radical (unpaired) electrons. The Labute approximate surface area is 150 Å². The lowest BCUT2D eigenvalue weighted by atomic mass is 9.99. The summed E-state index contributed by atoms with van der Waals surface area (Å²) >= 11 is 6.84. The lowest BCUT2D eigenvalue weighted by molar-refractivity contribution is -0.127. The van der Waals surface area contributed by atoms with Gasteiger partial charge in [0.05, 0.1) is 4.47 Å². The van der Waals surface area contributed by atoms with Crippen LogP contribution in [-0.4, -0.2) is 18.6 Å². The summed E-state index contributed by atoms with van der Waals surface area (Å²) in [4.78, 5) is 12.2. The van der Waals surface area contributed by atoms with Gasteiger partial charge in [0.1, 0.15) is 5.75 Å². The highest BCUT2D eigenvalue weighted by Crippen LogP contribution is 2.28. The van der Waals surface area contributed by atoms with Crippen molar-refractivity contribution >= 4 is 37.8 Å². The molecule has 0 aromatic heterocycles. The van der Waals surface area contributed by atoms with Crippen LogP contribution >= 0.6 is 31.9 Å². The van der Waals surface area contributed by atoms with E-state index in [-0.39, 0.29) is 5.91 Å². The van der Waals surface area contributed by atoms with Crippen LogP contribution in [0.1, 0.15) is 46.5 Å². The zero-order valence-corrected chi connectivity index (χ0v) is 16.7. The van der Waals surface area contributed by atoms with Crippen molar-refractivity contribution < 1.29 is 9.53 Å². The van der Waals surface area contributed by atoms with Crippen molar-refractivity contribution in [2.45, 2.75) is 52.6 Å². The molecule has 1 amide bonds. The number of unbranched alkanes of at least 4 members (excludes halogenated alkanes) is 1. The van der Waals surface area contributed by atoms with Crippen molar-refractivity contribution in [1.29, 1.82) is 0 Å². The topological polar surface area (TPSA) is 38.3 Å². The summed E-state index contributed by atoms with van der Waals surface area (Å²) in [6, 6.07) is 5.63. The van der Waals surface area contributed by atoms with E-state index < -0.39 is 6.10 Å². The molecule has 1 rings (SSSR count). The minimum absolute atomic E-state index is 0.0650. The van der Waals surface area contributed by atoms with Crippen molar-refractivity contribution in [3.63, 3.8) is 0 Å². The molecule has 0 aliphatic rings. The maximum absolute atomic E-state index is 12.2. The van der Waals surface area contributed by atoms with Gasteiger partial charge in [-0.25, -0.2) is 0 Å². The summed E-state index contributed by atoms with van der Waals surface area (Å²) in [5.41, 5.74) is 0. The van der Waals surface area contributed by atoms with Gasteiger partial charge in [-0.05, 0) is 53.4 Å². The highest BCUT2D eigenvalue weighted by molar-refractivity contribution is 9.11. The SMILES string of the molecule is CCCCC(CC)CNC(=O)C(C)Oc1ccc(Br)cc1Br. The molecule has 1 aromatic rings. The number of carbonyl (C=O) groups excluding carboxylic acids is 1. The third-order valence-electron chi connectivity index (χ3n) is 3.68. The second kappa shape index (κ2) is 10.3. The van der Waals surface area contributed by atoms with E-state index in [1.165, 1.54) is 19.3 Å². The summed E-state index contributed by atoms with van der Waals surface area (Å²) in [6.45, 7) is 6.87. The van der Waals surface area contributed by atoms with E-state index in [9.17, 15) is 4.79 Å². The van der Waals surface area contributed by atoms with Gasteiger partial charge < -0.3 is 10.1 Å². The number of halogens is 2. The molecule has 124 valence electrons. The molecule has 0 fully saturated rings. The Balaban J connectivity index is 2.47. The van der Waals surface area contributed by atoms with E-state index in [0.29, 0.717) is 11.7 Å². The zero-order chi connectivity index (χ0) is 16.5. The standard InChI is InChI=1S/C17H25Br2NO2/c1-4-6-7-13(5-2)11-20-17(21)12(3)22-16-9-8-14(18)10-15(16)19/h8-10,12-13H,4-7,11H2,1-3H3,(H,20,21). The molecule has 0 spiro atoms. The van der Waals surface area contributed by atoms with Crippen LogP contribution in [0.2, 0.25) is 0 Å². The van der Waals surface area contributed by atoms with Crippen LogP contribution in [0.15, 0.2) is 27.1 Å². The smallest absolute Gasteiger partial charge is 0.260 e. The molecule has 0 saturated heterocycles. The molecule has 1 aromatic carbocycles. The summed E-state index contributed by atoms with van der Waals surface area (Å²) in [6.07, 6.45) is 4.16. The van der Waals surface area contributed by atoms with E-state index in [1.807, 2.05) is 18.2 Å². The minimum Gasteiger partial charge on any atom is -0.480 e. The Hall–Kier alpha value is -0.550. The quantitative estimate of drug-likeness (QED) is 0.571. The van der Waals surface area contributed by atoms with Gasteiger partial charge in [0.2, 0.25) is 0 Å². The van der Waals surface area contributed by atoms with E-state index >= 15 is 0 Å². The first-order valence-corrected chi connectivity index (χ1v) is 9.45. The first-order valence-electron chi connectivity index (χ1n) is 7.87. The molecular weight excluding hydrogens is 410 g/mol. The van der Waals surface area contributed by atoms with Crippen LogP contribution in [0.25, 0.3) is 0 Å². The number of carbonyl (C=O) groups is 1. The Morgan fingerprint density at radius 3 is 2.64 bits per heavy atom. The van der Waals surface area contributed by atoms with Crippen LogP contribution < -0.4 is 10.1 Å². The minimum atomic E-state index is -0.513. The van der Waals surface area contributed by atoms with Crippen LogP contribution in [0.5, 0.6) is 5.75 Å². The van der Waals surface area contributed by atoms with Gasteiger partial charge >= 0.3 is 0 Å². The molecule has 2 unspecified atom stereocenters. The summed E-state index contributed by atoms with van der Waals surface area (Å²) in [7, 11) is 0. The number of amides is 1. The first kappa shape index (κ1) is 19.5. The van der Waals surface area contributed by atoms with Crippen LogP contribution in [0.3, 0.4) is 0 Å². The summed E-state index contributed by atoms with van der Waals surface area (Å²) < 4.78 is 7.52. The number of ether oxygens (including phenoxy) is 1. The summed E-state index contributed by atoms with van der Waals surface area (Å²) in [5, 5.41) is 3.00. The van der Waals surface area contributed by atoms with Crippen molar-refractivity contribution in [2.75, 3.05) is 6.54 Å². The lowest BCUT2D eigenvalue weighted by Crippen LogP contribution is -2.38. The normalized spacial score (nSPS) is 13.5. The third-order valence-corrected chi connectivity index (χ3v) is 4.79. The van der Waals surface area contributed by atoms with Crippen molar-refractivity contribution in [3.8, 4) is 5.75 Å². The van der Waals surface area contributed by atoms with E-state index in [4.69, 9.17) is 4.74 Å². The second-order valence-corrected chi connectivity index (χ2v) is 7.27. The molecule has 3 nitrogen and oxygen atoms in total. The van der Waals surface area contributed by atoms with Crippen LogP contribution in [0, 0.1) is 5.92 Å². The van der Waals surface area contributed by atoms with Gasteiger partial charge in [-0.1, -0.05) is 49.0 Å². The van der Waals surface area contributed by atoms with E-state index in [1.54, 1.807) is 6.92 Å². The fourth-order valence-corrected chi connectivity index (χ4v) is 3.29. The Morgan fingerprint density at radius 2 is 2.05 bits per heavy atom. The highest BCUT2D eigenvalue weighted by atomic mass is 79.9. The van der Waals surface area contributed by atoms with Gasteiger partial charge in [-0.3, -0.25) is 4.79 Å². The van der Waals surface area contributed by atoms with Crippen molar-refractivity contribution in [2.24, 2.45) is 5.92 Å². The molecule has 22 heavy (non-hydrogen) atoms. The van der Waals surface area contributed by atoms with Crippen LogP contribution in [0.4, 0.5) is 0 Å². The Bertz CT molecular complexity index is 480. The fourth-order valence-electron chi connectivity index (χ4n) is 2.15. The van der Waals surface area contributed by atoms with E-state index in [2.05, 4.69) is 51.0 Å². The predicted molar refractivity (Wildman–Crippen MR) is 98.2 cm³/mol. The fraction of sp³-hybridized carbons (Fsp3) is 0.588. The van der Waals surface area contributed by atoms with Gasteiger partial charge in [-0.15, -0.1) is 0 Å². The maximum Gasteiger partial charge on any atom is 0.260 e. The Morgan fingerprint density at radius 1 is 1.32 bits per heavy atom. The van der Waals surface area contributed by atoms with E-state index in [0.717, 1.165) is 21.9 Å². The molecule has 0 aliphatic carbocycles. The average molecular weight is 435 g/mol. The average Bonchev–Trinajstić information content (AvgIpc) is 2.49. The maximum atomic E-state index is 12.2. The lowest BCUT2D eigenvalue weighted by Gasteiger charge is -2.19. The predicted octanol–water partition coefficient (Wildman–Crippen LogP) is 5.31. The number of benzene rings is 1. The molecular formula is C17H25Br2NO2. The molecule has 2 atom stereocenters. The number of hydrogen-bond acceptors (Lipinski definition) is 2. The van der Waals surface area contributed by atoms with Crippen molar-refractivity contribution in [1.82, 2.24) is 5.32 Å². The van der Waals surface area contributed by atoms with Crippen molar-refractivity contribution in [3.05, 3.63) is 27.1 Å². The van der Waals surface area contributed by atoms with Gasteiger partial charge in [-0.2, -0.15) is 0 Å². The molecule has 5 heteroatoms. The van der Waals surface area contributed by atoms with Crippen LogP contribution in [-0.2, 0) is 4.79 Å². The molecule has 0 heterocycles. The number of nitrogens with one attached hydrogen (secondary N) is 1. The Kier molecular flexibility index (Phi) is 9.10.